The zero-order valence-corrected chi connectivity index (χ0v) is 14.8. The molecule has 5 heteroatoms. The smallest absolute Gasteiger partial charge is 0.317 e. The van der Waals surface area contributed by atoms with Crippen LogP contribution in [0.1, 0.15) is 31.7 Å². The van der Waals surface area contributed by atoms with E-state index in [1.54, 1.807) is 0 Å². The van der Waals surface area contributed by atoms with E-state index in [1.165, 1.54) is 12.8 Å². The lowest BCUT2D eigenvalue weighted by Gasteiger charge is -2.26. The number of para-hydroxylation sites is 1. The molecule has 2 aliphatic rings. The van der Waals surface area contributed by atoms with Crippen molar-refractivity contribution in [3.63, 3.8) is 0 Å². The average molecular weight is 331 g/mol. The van der Waals surface area contributed by atoms with Gasteiger partial charge in [-0.25, -0.2) is 4.79 Å². The summed E-state index contributed by atoms with van der Waals surface area (Å²) >= 11 is 0. The van der Waals surface area contributed by atoms with Crippen LogP contribution in [0.5, 0.6) is 5.75 Å². The van der Waals surface area contributed by atoms with E-state index in [-0.39, 0.29) is 6.03 Å². The largest absolute Gasteiger partial charge is 0.494 e. The van der Waals surface area contributed by atoms with Gasteiger partial charge in [0.15, 0.2) is 0 Å². The molecule has 2 unspecified atom stereocenters. The molecule has 2 saturated heterocycles. The van der Waals surface area contributed by atoms with E-state index in [4.69, 9.17) is 4.74 Å². The lowest BCUT2D eigenvalue weighted by Crippen LogP contribution is -2.45. The maximum Gasteiger partial charge on any atom is 0.317 e. The molecule has 0 aromatic heterocycles. The highest BCUT2D eigenvalue weighted by Crippen LogP contribution is 2.28. The zero-order valence-electron chi connectivity index (χ0n) is 14.8. The van der Waals surface area contributed by atoms with Gasteiger partial charge in [-0.05, 0) is 51.3 Å². The van der Waals surface area contributed by atoms with Gasteiger partial charge in [-0.2, -0.15) is 0 Å². The number of nitrogens with zero attached hydrogens (tertiary/aromatic N) is 2. The van der Waals surface area contributed by atoms with Crippen LogP contribution in [0.25, 0.3) is 0 Å². The Labute approximate surface area is 145 Å². The van der Waals surface area contributed by atoms with Gasteiger partial charge >= 0.3 is 6.03 Å². The van der Waals surface area contributed by atoms with Gasteiger partial charge in [-0.1, -0.05) is 18.2 Å². The van der Waals surface area contributed by atoms with Gasteiger partial charge in [0.05, 0.1) is 6.61 Å². The van der Waals surface area contributed by atoms with E-state index in [0.29, 0.717) is 25.2 Å². The zero-order chi connectivity index (χ0) is 16.9. The lowest BCUT2D eigenvalue weighted by molar-refractivity contribution is 0.188. The lowest BCUT2D eigenvalue weighted by atomic mass is 10.1. The number of ether oxygens (including phenoxy) is 1. The fraction of sp³-hybridized carbons (Fsp3) is 0.632. The molecule has 2 heterocycles. The fourth-order valence-electron chi connectivity index (χ4n) is 3.92. The molecule has 2 amide bonds. The molecule has 2 bridgehead atoms. The van der Waals surface area contributed by atoms with E-state index in [1.807, 2.05) is 30.0 Å². The predicted molar refractivity (Wildman–Crippen MR) is 95.5 cm³/mol. The molecule has 5 nitrogen and oxygen atoms in total. The normalized spacial score (nSPS) is 23.8. The van der Waals surface area contributed by atoms with Crippen molar-refractivity contribution in [1.82, 2.24) is 15.1 Å². The molecular weight excluding hydrogens is 302 g/mol. The minimum atomic E-state index is 0.0739. The second-order valence-corrected chi connectivity index (χ2v) is 6.81. The van der Waals surface area contributed by atoms with E-state index >= 15 is 0 Å². The van der Waals surface area contributed by atoms with Crippen molar-refractivity contribution in [3.8, 4) is 5.75 Å². The Morgan fingerprint density at radius 2 is 2.04 bits per heavy atom. The standard InChI is InChI=1S/C19H29N3O2/c1-3-24-18-7-5-4-6-15(18)10-12-20-19(23)22-13-11-16-8-9-17(14-22)21(16)2/h4-7,16-17H,3,8-14H2,1-2H3,(H,20,23). The number of urea groups is 1. The van der Waals surface area contributed by atoms with Gasteiger partial charge < -0.3 is 15.0 Å². The minimum Gasteiger partial charge on any atom is -0.494 e. The SMILES string of the molecule is CCOc1ccccc1CCNC(=O)N1CCC2CCC(C1)N2C. The van der Waals surface area contributed by atoms with Gasteiger partial charge in [-0.3, -0.25) is 4.90 Å². The first-order valence-electron chi connectivity index (χ1n) is 9.14. The molecule has 132 valence electrons. The number of carbonyl (C=O) groups is 1. The Kier molecular flexibility index (Phi) is 5.61. The van der Waals surface area contributed by atoms with Crippen LogP contribution in [0.4, 0.5) is 4.79 Å². The van der Waals surface area contributed by atoms with Crippen LogP contribution < -0.4 is 10.1 Å². The number of likely N-dealkylation sites (N-methyl/N-ethyl adjacent to an activating group) is 1. The van der Waals surface area contributed by atoms with E-state index in [2.05, 4.69) is 23.3 Å². The monoisotopic (exact) mass is 331 g/mol. The van der Waals surface area contributed by atoms with Crippen LogP contribution in [0.2, 0.25) is 0 Å². The molecule has 3 rings (SSSR count). The number of rotatable bonds is 5. The highest BCUT2D eigenvalue weighted by Gasteiger charge is 2.35. The van der Waals surface area contributed by atoms with Crippen molar-refractivity contribution in [2.45, 2.75) is 44.7 Å². The molecule has 0 spiro atoms. The Balaban J connectivity index is 1.49. The first-order valence-corrected chi connectivity index (χ1v) is 9.14. The summed E-state index contributed by atoms with van der Waals surface area (Å²) < 4.78 is 5.64. The number of nitrogens with one attached hydrogen (secondary N) is 1. The Morgan fingerprint density at radius 1 is 1.25 bits per heavy atom. The Hall–Kier alpha value is -1.75. The van der Waals surface area contributed by atoms with Crippen molar-refractivity contribution < 1.29 is 9.53 Å². The third kappa shape index (κ3) is 3.83. The van der Waals surface area contributed by atoms with Crippen molar-refractivity contribution in [1.29, 1.82) is 0 Å². The second kappa shape index (κ2) is 7.88. The molecule has 1 aromatic rings. The van der Waals surface area contributed by atoms with E-state index < -0.39 is 0 Å². The minimum absolute atomic E-state index is 0.0739. The van der Waals surface area contributed by atoms with Crippen molar-refractivity contribution in [3.05, 3.63) is 29.8 Å². The summed E-state index contributed by atoms with van der Waals surface area (Å²) in [5, 5.41) is 3.09. The molecular formula is C19H29N3O2. The summed E-state index contributed by atoms with van der Waals surface area (Å²) in [5.41, 5.74) is 1.15. The Morgan fingerprint density at radius 3 is 2.88 bits per heavy atom. The summed E-state index contributed by atoms with van der Waals surface area (Å²) in [7, 11) is 2.20. The summed E-state index contributed by atoms with van der Waals surface area (Å²) in [6.45, 7) is 5.01. The molecule has 1 aromatic carbocycles. The number of fused-ring (bicyclic) bond motifs is 2. The first kappa shape index (κ1) is 17.1. The quantitative estimate of drug-likeness (QED) is 0.902. The summed E-state index contributed by atoms with van der Waals surface area (Å²) in [6.07, 6.45) is 4.38. The van der Waals surface area contributed by atoms with Crippen molar-refractivity contribution in [2.24, 2.45) is 0 Å². The van der Waals surface area contributed by atoms with Crippen LogP contribution in [-0.4, -0.2) is 61.2 Å². The van der Waals surface area contributed by atoms with Crippen LogP contribution in [0.15, 0.2) is 24.3 Å². The summed E-state index contributed by atoms with van der Waals surface area (Å²) in [4.78, 5) is 17.0. The van der Waals surface area contributed by atoms with Crippen LogP contribution in [0, 0.1) is 0 Å². The number of carbonyl (C=O) groups excluding carboxylic acids is 1. The first-order chi connectivity index (χ1) is 11.7. The molecule has 1 N–H and O–H groups in total. The number of hydrogen-bond donors (Lipinski definition) is 1. The fourth-order valence-corrected chi connectivity index (χ4v) is 3.92. The third-order valence-corrected chi connectivity index (χ3v) is 5.38. The number of amides is 2. The van der Waals surface area contributed by atoms with Crippen molar-refractivity contribution in [2.75, 3.05) is 33.3 Å². The maximum atomic E-state index is 12.5. The van der Waals surface area contributed by atoms with Gasteiger partial charge in [0.25, 0.3) is 0 Å². The topological polar surface area (TPSA) is 44.8 Å². The van der Waals surface area contributed by atoms with Gasteiger partial charge in [0.1, 0.15) is 5.75 Å². The summed E-state index contributed by atoms with van der Waals surface area (Å²) in [5.74, 6) is 0.919. The number of hydrogen-bond acceptors (Lipinski definition) is 3. The third-order valence-electron chi connectivity index (χ3n) is 5.38. The Bertz CT molecular complexity index is 563. The highest BCUT2D eigenvalue weighted by molar-refractivity contribution is 5.74. The van der Waals surface area contributed by atoms with Crippen LogP contribution in [-0.2, 0) is 6.42 Å². The molecule has 0 aliphatic carbocycles. The molecule has 0 saturated carbocycles. The molecule has 2 fully saturated rings. The van der Waals surface area contributed by atoms with E-state index in [9.17, 15) is 4.79 Å². The molecule has 2 aliphatic heterocycles. The van der Waals surface area contributed by atoms with Crippen LogP contribution in [0.3, 0.4) is 0 Å². The van der Waals surface area contributed by atoms with Crippen LogP contribution >= 0.6 is 0 Å². The van der Waals surface area contributed by atoms with Gasteiger partial charge in [0, 0.05) is 31.7 Å². The van der Waals surface area contributed by atoms with Gasteiger partial charge in [0.2, 0.25) is 0 Å². The van der Waals surface area contributed by atoms with Gasteiger partial charge in [-0.15, -0.1) is 0 Å². The molecule has 0 radical (unpaired) electrons. The number of likely N-dealkylation sites (tertiary alicyclic amines) is 1. The maximum absolute atomic E-state index is 12.5. The highest BCUT2D eigenvalue weighted by atomic mass is 16.5. The predicted octanol–water partition coefficient (Wildman–Crippen LogP) is 2.51. The van der Waals surface area contributed by atoms with E-state index in [0.717, 1.165) is 37.2 Å². The second-order valence-electron chi connectivity index (χ2n) is 6.81. The molecule has 24 heavy (non-hydrogen) atoms. The number of benzene rings is 1. The molecule has 2 atom stereocenters. The summed E-state index contributed by atoms with van der Waals surface area (Å²) in [6, 6.07) is 9.31. The average Bonchev–Trinajstić information content (AvgIpc) is 2.81. The van der Waals surface area contributed by atoms with Crippen molar-refractivity contribution >= 4 is 6.03 Å².